The van der Waals surface area contributed by atoms with E-state index in [1.165, 1.54) is 32.5 Å². The first-order chi connectivity index (χ1) is 14.8. The summed E-state index contributed by atoms with van der Waals surface area (Å²) in [5, 5.41) is 0. The molecule has 1 aromatic carbocycles. The lowest BCUT2D eigenvalue weighted by atomic mass is 9.95. The van der Waals surface area contributed by atoms with Crippen molar-refractivity contribution in [3.05, 3.63) is 24.3 Å². The number of para-hydroxylation sites is 2. The number of piperazine rings is 1. The number of aromatic nitrogens is 1. The molecule has 162 valence electrons. The van der Waals surface area contributed by atoms with E-state index in [4.69, 9.17) is 4.42 Å². The monoisotopic (exact) mass is 411 g/mol. The van der Waals surface area contributed by atoms with Gasteiger partial charge in [0.15, 0.2) is 5.58 Å². The van der Waals surface area contributed by atoms with E-state index in [-0.39, 0.29) is 5.92 Å². The van der Waals surface area contributed by atoms with Gasteiger partial charge in [0.25, 0.3) is 6.01 Å². The molecule has 7 nitrogen and oxygen atoms in total. The van der Waals surface area contributed by atoms with Gasteiger partial charge in [-0.2, -0.15) is 4.98 Å². The van der Waals surface area contributed by atoms with Gasteiger partial charge < -0.3 is 19.1 Å². The minimum absolute atomic E-state index is 0.141. The van der Waals surface area contributed by atoms with Crippen molar-refractivity contribution in [1.29, 1.82) is 0 Å². The van der Waals surface area contributed by atoms with E-state index < -0.39 is 0 Å². The van der Waals surface area contributed by atoms with Gasteiger partial charge in [0.05, 0.1) is 0 Å². The molecule has 0 unspecified atom stereocenters. The summed E-state index contributed by atoms with van der Waals surface area (Å²) in [6, 6.07) is 8.56. The number of likely N-dealkylation sites (tertiary alicyclic amines) is 1. The van der Waals surface area contributed by atoms with Crippen LogP contribution in [0.5, 0.6) is 0 Å². The fraction of sp³-hybridized carbons (Fsp3) is 0.652. The summed E-state index contributed by atoms with van der Waals surface area (Å²) in [7, 11) is 0. The lowest BCUT2D eigenvalue weighted by Gasteiger charge is -2.38. The van der Waals surface area contributed by atoms with Crippen molar-refractivity contribution >= 4 is 23.0 Å². The Morgan fingerprint density at radius 2 is 1.57 bits per heavy atom. The van der Waals surface area contributed by atoms with Crippen LogP contribution in [0.1, 0.15) is 25.7 Å². The Hall–Kier alpha value is -2.12. The highest BCUT2D eigenvalue weighted by Crippen LogP contribution is 2.27. The first kappa shape index (κ1) is 19.8. The van der Waals surface area contributed by atoms with Crippen molar-refractivity contribution < 1.29 is 9.21 Å². The number of amides is 1. The zero-order chi connectivity index (χ0) is 20.3. The second-order valence-electron chi connectivity index (χ2n) is 8.94. The lowest BCUT2D eigenvalue weighted by Crippen LogP contribution is -2.52. The van der Waals surface area contributed by atoms with Crippen molar-refractivity contribution in [3.63, 3.8) is 0 Å². The van der Waals surface area contributed by atoms with Gasteiger partial charge in [0, 0.05) is 58.3 Å². The van der Waals surface area contributed by atoms with E-state index in [2.05, 4.69) is 24.6 Å². The van der Waals surface area contributed by atoms with E-state index in [0.717, 1.165) is 69.8 Å². The lowest BCUT2D eigenvalue weighted by molar-refractivity contribution is -0.138. The highest BCUT2D eigenvalue weighted by Gasteiger charge is 2.31. The Morgan fingerprint density at radius 3 is 2.27 bits per heavy atom. The average Bonchev–Trinajstić information content (AvgIpc) is 3.47. The Labute approximate surface area is 178 Å². The Balaban J connectivity index is 1.07. The molecule has 1 aromatic heterocycles. The molecule has 5 rings (SSSR count). The number of anilines is 1. The van der Waals surface area contributed by atoms with Crippen LogP contribution in [-0.2, 0) is 4.79 Å². The fourth-order valence-electron chi connectivity index (χ4n) is 5.05. The highest BCUT2D eigenvalue weighted by molar-refractivity contribution is 5.79. The molecule has 2 aromatic rings. The fourth-order valence-corrected chi connectivity index (χ4v) is 5.05. The molecule has 0 radical (unpaired) electrons. The maximum atomic E-state index is 13.1. The average molecular weight is 412 g/mol. The SMILES string of the molecule is O=C(C1CCN(c2nc3ccccc3o2)CC1)N1CCN(CCN2CCCC2)CC1. The number of carbonyl (C=O) groups excluding carboxylic acids is 1. The number of oxazole rings is 1. The van der Waals surface area contributed by atoms with Crippen LogP contribution >= 0.6 is 0 Å². The molecule has 1 amide bonds. The predicted octanol–water partition coefficient (Wildman–Crippen LogP) is 2.28. The van der Waals surface area contributed by atoms with Crippen molar-refractivity contribution in [2.75, 3.05) is 70.3 Å². The van der Waals surface area contributed by atoms with Gasteiger partial charge in [-0.3, -0.25) is 9.69 Å². The van der Waals surface area contributed by atoms with E-state index in [0.29, 0.717) is 11.9 Å². The second-order valence-corrected chi connectivity index (χ2v) is 8.94. The number of hydrogen-bond acceptors (Lipinski definition) is 6. The van der Waals surface area contributed by atoms with Crippen LogP contribution in [0.4, 0.5) is 6.01 Å². The van der Waals surface area contributed by atoms with E-state index in [9.17, 15) is 4.79 Å². The third kappa shape index (κ3) is 4.32. The number of nitrogens with zero attached hydrogens (tertiary/aromatic N) is 5. The van der Waals surface area contributed by atoms with Gasteiger partial charge in [0.1, 0.15) is 5.52 Å². The van der Waals surface area contributed by atoms with Crippen LogP contribution in [-0.4, -0.2) is 91.0 Å². The Bertz CT molecular complexity index is 813. The first-order valence-corrected chi connectivity index (χ1v) is 11.6. The summed E-state index contributed by atoms with van der Waals surface area (Å²) in [4.78, 5) is 27.0. The molecule has 30 heavy (non-hydrogen) atoms. The minimum Gasteiger partial charge on any atom is -0.423 e. The van der Waals surface area contributed by atoms with Crippen LogP contribution in [0, 0.1) is 5.92 Å². The third-order valence-corrected chi connectivity index (χ3v) is 7.01. The number of piperidine rings is 1. The van der Waals surface area contributed by atoms with Crippen molar-refractivity contribution in [2.24, 2.45) is 5.92 Å². The molecule has 0 aliphatic carbocycles. The maximum absolute atomic E-state index is 13.1. The number of benzene rings is 1. The number of hydrogen-bond donors (Lipinski definition) is 0. The molecule has 3 aliphatic rings. The van der Waals surface area contributed by atoms with Gasteiger partial charge in [-0.15, -0.1) is 0 Å². The van der Waals surface area contributed by atoms with Gasteiger partial charge in [-0.1, -0.05) is 12.1 Å². The third-order valence-electron chi connectivity index (χ3n) is 7.01. The van der Waals surface area contributed by atoms with Gasteiger partial charge in [0.2, 0.25) is 5.91 Å². The summed E-state index contributed by atoms with van der Waals surface area (Å²) < 4.78 is 5.90. The summed E-state index contributed by atoms with van der Waals surface area (Å²) in [6.45, 7) is 10.3. The standard InChI is InChI=1S/C23H33N5O2/c29-22(27-17-15-26(16-18-27)14-13-25-9-3-4-10-25)19-7-11-28(12-8-19)23-24-20-5-1-2-6-21(20)30-23/h1-2,5-6,19H,3-4,7-18H2. The number of carbonyl (C=O) groups is 1. The molecule has 4 heterocycles. The molecule has 0 saturated carbocycles. The largest absolute Gasteiger partial charge is 0.423 e. The maximum Gasteiger partial charge on any atom is 0.298 e. The predicted molar refractivity (Wildman–Crippen MR) is 118 cm³/mol. The van der Waals surface area contributed by atoms with Crippen LogP contribution in [0.3, 0.4) is 0 Å². The van der Waals surface area contributed by atoms with Crippen molar-refractivity contribution in [1.82, 2.24) is 19.7 Å². The summed E-state index contributed by atoms with van der Waals surface area (Å²) in [5.41, 5.74) is 1.72. The Morgan fingerprint density at radius 1 is 0.900 bits per heavy atom. The van der Waals surface area contributed by atoms with Crippen LogP contribution in [0.2, 0.25) is 0 Å². The quantitative estimate of drug-likeness (QED) is 0.753. The molecule has 0 N–H and O–H groups in total. The van der Waals surface area contributed by atoms with E-state index in [1.54, 1.807) is 0 Å². The van der Waals surface area contributed by atoms with Gasteiger partial charge >= 0.3 is 0 Å². The molecule has 3 fully saturated rings. The van der Waals surface area contributed by atoms with Gasteiger partial charge in [-0.25, -0.2) is 0 Å². The summed E-state index contributed by atoms with van der Waals surface area (Å²) in [5.74, 6) is 0.494. The number of rotatable bonds is 5. The first-order valence-electron chi connectivity index (χ1n) is 11.6. The molecule has 0 atom stereocenters. The van der Waals surface area contributed by atoms with Crippen LogP contribution < -0.4 is 4.90 Å². The summed E-state index contributed by atoms with van der Waals surface area (Å²) in [6.07, 6.45) is 4.47. The smallest absolute Gasteiger partial charge is 0.298 e. The molecular weight excluding hydrogens is 378 g/mol. The highest BCUT2D eigenvalue weighted by atomic mass is 16.4. The van der Waals surface area contributed by atoms with Crippen molar-refractivity contribution in [2.45, 2.75) is 25.7 Å². The second kappa shape index (κ2) is 8.94. The number of fused-ring (bicyclic) bond motifs is 1. The molecule has 0 bridgehead atoms. The minimum atomic E-state index is 0.141. The molecule has 3 saturated heterocycles. The zero-order valence-electron chi connectivity index (χ0n) is 17.8. The van der Waals surface area contributed by atoms with Gasteiger partial charge in [-0.05, 0) is 50.9 Å². The molecule has 7 heteroatoms. The van der Waals surface area contributed by atoms with Crippen LogP contribution in [0.25, 0.3) is 11.1 Å². The van der Waals surface area contributed by atoms with Crippen molar-refractivity contribution in [3.8, 4) is 0 Å². The van der Waals surface area contributed by atoms with E-state index in [1.807, 2.05) is 24.3 Å². The van der Waals surface area contributed by atoms with Crippen LogP contribution in [0.15, 0.2) is 28.7 Å². The summed E-state index contributed by atoms with van der Waals surface area (Å²) >= 11 is 0. The topological polar surface area (TPSA) is 56.1 Å². The zero-order valence-corrected chi connectivity index (χ0v) is 17.8. The normalized spacial score (nSPS) is 22.3. The molecule has 0 spiro atoms. The molecular formula is C23H33N5O2. The molecule has 3 aliphatic heterocycles. The Kier molecular flexibility index (Phi) is 5.91. The van der Waals surface area contributed by atoms with E-state index >= 15 is 0 Å².